The molecular formula is C11H22N2O4S. The second kappa shape index (κ2) is 5.14. The van der Waals surface area contributed by atoms with Crippen molar-refractivity contribution in [2.24, 2.45) is 0 Å². The monoisotopic (exact) mass is 278 g/mol. The molecule has 0 atom stereocenters. The third-order valence-electron chi connectivity index (χ3n) is 2.84. The Morgan fingerprint density at radius 2 is 1.78 bits per heavy atom. The minimum absolute atomic E-state index is 0.169. The first-order valence-corrected chi connectivity index (χ1v) is 7.57. The van der Waals surface area contributed by atoms with Crippen molar-refractivity contribution in [3.63, 3.8) is 0 Å². The maximum Gasteiger partial charge on any atom is 0.305 e. The van der Waals surface area contributed by atoms with Gasteiger partial charge >= 0.3 is 5.97 Å². The van der Waals surface area contributed by atoms with Gasteiger partial charge in [0.05, 0.1) is 6.42 Å². The summed E-state index contributed by atoms with van der Waals surface area (Å²) in [5.74, 6) is -0.977. The number of aliphatic carboxylic acids is 1. The normalized spacial score (nSPS) is 19.9. The highest BCUT2D eigenvalue weighted by Crippen LogP contribution is 2.33. The van der Waals surface area contributed by atoms with Crippen LogP contribution >= 0.6 is 0 Å². The van der Waals surface area contributed by atoms with Gasteiger partial charge in [0, 0.05) is 11.1 Å². The molecule has 6 nitrogen and oxygen atoms in total. The van der Waals surface area contributed by atoms with Crippen molar-refractivity contribution in [2.75, 3.05) is 0 Å². The molecule has 0 aromatic heterocycles. The van der Waals surface area contributed by atoms with Crippen LogP contribution in [0.25, 0.3) is 0 Å². The standard InChI is InChI=1S/C11H22N2O4S/c1-10(2,3)12-18(16,17)13-11(8-9(14)15)6-4-5-7-11/h12-13H,4-8H2,1-3H3,(H,14,15). The topological polar surface area (TPSA) is 95.5 Å². The molecule has 0 amide bonds. The van der Waals surface area contributed by atoms with Crippen molar-refractivity contribution in [2.45, 2.75) is 64.0 Å². The molecule has 0 aliphatic heterocycles. The first kappa shape index (κ1) is 15.4. The van der Waals surface area contributed by atoms with Gasteiger partial charge in [-0.3, -0.25) is 4.79 Å². The van der Waals surface area contributed by atoms with Crippen molar-refractivity contribution >= 4 is 16.2 Å². The lowest BCUT2D eigenvalue weighted by atomic mass is 9.95. The summed E-state index contributed by atoms with van der Waals surface area (Å²) >= 11 is 0. The average molecular weight is 278 g/mol. The lowest BCUT2D eigenvalue weighted by Gasteiger charge is -2.30. The Balaban J connectivity index is 2.81. The van der Waals surface area contributed by atoms with E-state index in [9.17, 15) is 13.2 Å². The Labute approximate surface area is 108 Å². The van der Waals surface area contributed by atoms with Crippen LogP contribution in [0, 0.1) is 0 Å². The molecule has 18 heavy (non-hydrogen) atoms. The highest BCUT2D eigenvalue weighted by Gasteiger charge is 2.40. The molecule has 0 unspecified atom stereocenters. The molecule has 3 N–H and O–H groups in total. The first-order valence-electron chi connectivity index (χ1n) is 6.08. The number of carboxylic acid groups (broad SMARTS) is 1. The Morgan fingerprint density at radius 1 is 1.28 bits per heavy atom. The summed E-state index contributed by atoms with van der Waals surface area (Å²) in [7, 11) is -3.69. The number of hydrogen-bond acceptors (Lipinski definition) is 3. The van der Waals surface area contributed by atoms with Crippen LogP contribution in [0.2, 0.25) is 0 Å². The average Bonchev–Trinajstić information content (AvgIpc) is 2.44. The molecule has 1 aliphatic carbocycles. The minimum Gasteiger partial charge on any atom is -0.481 e. The van der Waals surface area contributed by atoms with Gasteiger partial charge in [-0.15, -0.1) is 0 Å². The maximum absolute atomic E-state index is 12.0. The second-order valence-electron chi connectivity index (χ2n) is 6.02. The van der Waals surface area contributed by atoms with Gasteiger partial charge in [-0.1, -0.05) is 12.8 Å². The summed E-state index contributed by atoms with van der Waals surface area (Å²) in [6.07, 6.45) is 2.68. The van der Waals surface area contributed by atoms with Crippen molar-refractivity contribution in [3.05, 3.63) is 0 Å². The highest BCUT2D eigenvalue weighted by atomic mass is 32.2. The molecule has 1 saturated carbocycles. The van der Waals surface area contributed by atoms with E-state index in [4.69, 9.17) is 5.11 Å². The SMILES string of the molecule is CC(C)(C)NS(=O)(=O)NC1(CC(=O)O)CCCC1. The number of carboxylic acids is 1. The number of carbonyl (C=O) groups is 1. The largest absolute Gasteiger partial charge is 0.481 e. The van der Waals surface area contributed by atoms with Gasteiger partial charge < -0.3 is 5.11 Å². The van der Waals surface area contributed by atoms with E-state index in [1.165, 1.54) is 0 Å². The molecule has 0 aromatic rings. The van der Waals surface area contributed by atoms with Crippen LogP contribution in [0.1, 0.15) is 52.9 Å². The molecule has 0 aromatic carbocycles. The van der Waals surface area contributed by atoms with Crippen molar-refractivity contribution in [3.8, 4) is 0 Å². The van der Waals surface area contributed by atoms with Crippen molar-refractivity contribution in [1.82, 2.24) is 9.44 Å². The minimum atomic E-state index is -3.69. The fourth-order valence-electron chi connectivity index (χ4n) is 2.37. The molecule has 7 heteroatoms. The quantitative estimate of drug-likeness (QED) is 0.699. The summed E-state index contributed by atoms with van der Waals surface area (Å²) < 4.78 is 29.0. The van der Waals surface area contributed by atoms with Crippen LogP contribution in [0.3, 0.4) is 0 Å². The van der Waals surface area contributed by atoms with Crippen LogP contribution in [0.4, 0.5) is 0 Å². The third kappa shape index (κ3) is 4.91. The summed E-state index contributed by atoms with van der Waals surface area (Å²) in [5, 5.41) is 8.91. The van der Waals surface area contributed by atoms with E-state index in [0.29, 0.717) is 12.8 Å². The van der Waals surface area contributed by atoms with Crippen LogP contribution in [-0.2, 0) is 15.0 Å². The van der Waals surface area contributed by atoms with E-state index < -0.39 is 27.3 Å². The lowest BCUT2D eigenvalue weighted by molar-refractivity contribution is -0.138. The first-order chi connectivity index (χ1) is 8.04. The van der Waals surface area contributed by atoms with E-state index in [1.807, 2.05) is 0 Å². The summed E-state index contributed by atoms with van der Waals surface area (Å²) in [5.41, 5.74) is -1.42. The van der Waals surface area contributed by atoms with Gasteiger partial charge in [0.15, 0.2) is 0 Å². The van der Waals surface area contributed by atoms with Gasteiger partial charge in [-0.25, -0.2) is 0 Å². The van der Waals surface area contributed by atoms with Crippen LogP contribution in [0.15, 0.2) is 0 Å². The summed E-state index contributed by atoms with van der Waals surface area (Å²) in [6.45, 7) is 5.22. The fourth-order valence-corrected chi connectivity index (χ4v) is 4.07. The van der Waals surface area contributed by atoms with Gasteiger partial charge in [0.1, 0.15) is 0 Å². The maximum atomic E-state index is 12.0. The van der Waals surface area contributed by atoms with E-state index in [-0.39, 0.29) is 6.42 Å². The predicted molar refractivity (Wildman–Crippen MR) is 68.4 cm³/mol. The van der Waals surface area contributed by atoms with Crippen LogP contribution in [0.5, 0.6) is 0 Å². The molecule has 106 valence electrons. The third-order valence-corrected chi connectivity index (χ3v) is 4.42. The molecule has 0 heterocycles. The molecule has 1 aliphatic rings. The smallest absolute Gasteiger partial charge is 0.305 e. The van der Waals surface area contributed by atoms with E-state index in [0.717, 1.165) is 12.8 Å². The zero-order chi connectivity index (χ0) is 14.0. The molecule has 1 fully saturated rings. The predicted octanol–water partition coefficient (Wildman–Crippen LogP) is 0.996. The van der Waals surface area contributed by atoms with Crippen molar-refractivity contribution < 1.29 is 18.3 Å². The number of rotatable bonds is 5. The fraction of sp³-hybridized carbons (Fsp3) is 0.909. The molecular weight excluding hydrogens is 256 g/mol. The van der Waals surface area contributed by atoms with Crippen molar-refractivity contribution in [1.29, 1.82) is 0 Å². The highest BCUT2D eigenvalue weighted by molar-refractivity contribution is 7.87. The Morgan fingerprint density at radius 3 is 2.17 bits per heavy atom. The van der Waals surface area contributed by atoms with E-state index in [1.54, 1.807) is 20.8 Å². The molecule has 0 saturated heterocycles. The van der Waals surface area contributed by atoms with Crippen LogP contribution in [-0.4, -0.2) is 30.6 Å². The second-order valence-corrected chi connectivity index (χ2v) is 7.43. The Kier molecular flexibility index (Phi) is 4.40. The summed E-state index contributed by atoms with van der Waals surface area (Å²) in [4.78, 5) is 10.9. The zero-order valence-electron chi connectivity index (χ0n) is 11.1. The lowest BCUT2D eigenvalue weighted by Crippen LogP contribution is -2.55. The Bertz CT molecular complexity index is 405. The van der Waals surface area contributed by atoms with E-state index in [2.05, 4.69) is 9.44 Å². The van der Waals surface area contributed by atoms with Gasteiger partial charge in [0.25, 0.3) is 10.2 Å². The summed E-state index contributed by atoms with van der Waals surface area (Å²) in [6, 6.07) is 0. The number of hydrogen-bond donors (Lipinski definition) is 3. The zero-order valence-corrected chi connectivity index (χ0v) is 11.9. The van der Waals surface area contributed by atoms with Crippen LogP contribution < -0.4 is 9.44 Å². The Hall–Kier alpha value is -0.660. The molecule has 0 spiro atoms. The van der Waals surface area contributed by atoms with Gasteiger partial charge in [-0.2, -0.15) is 17.9 Å². The number of nitrogens with one attached hydrogen (secondary N) is 2. The molecule has 0 bridgehead atoms. The van der Waals surface area contributed by atoms with Gasteiger partial charge in [-0.05, 0) is 33.6 Å². The van der Waals surface area contributed by atoms with E-state index >= 15 is 0 Å². The molecule has 0 radical (unpaired) electrons. The van der Waals surface area contributed by atoms with Gasteiger partial charge in [0.2, 0.25) is 0 Å². The molecule has 1 rings (SSSR count).